The number of aromatic nitrogens is 2. The number of aliphatic hydroxyl groups is 2. The van der Waals surface area contributed by atoms with E-state index in [9.17, 15) is 8.78 Å². The molecule has 2 atom stereocenters. The molecule has 0 aliphatic heterocycles. The van der Waals surface area contributed by atoms with Crippen LogP contribution in [0.5, 0.6) is 0 Å². The molecule has 3 aromatic carbocycles. The zero-order valence-electron chi connectivity index (χ0n) is 18.3. The molecule has 0 spiro atoms. The fraction of sp³-hybridized carbons (Fsp3) is 0.192. The minimum atomic E-state index is -0.375. The van der Waals surface area contributed by atoms with E-state index in [2.05, 4.69) is 6.92 Å². The van der Waals surface area contributed by atoms with Gasteiger partial charge in [-0.25, -0.2) is 13.8 Å². The quantitative estimate of drug-likeness (QED) is 0.290. The molecular formula is C26H25F2N2O2Pt-. The molecule has 33 heavy (non-hydrogen) atoms. The van der Waals surface area contributed by atoms with Gasteiger partial charge in [-0.05, 0) is 56.7 Å². The first-order valence-corrected chi connectivity index (χ1v) is 10.3. The van der Waals surface area contributed by atoms with Gasteiger partial charge in [-0.15, -0.1) is 12.1 Å². The SMILES string of the molecule is CC(O)CC(C)O.[CH2-]c1cc(F)ccc1-c1nc2ccccc2nc1-c1ccc(F)cc1.[Pt]. The summed E-state index contributed by atoms with van der Waals surface area (Å²) < 4.78 is 26.8. The Morgan fingerprint density at radius 1 is 0.788 bits per heavy atom. The van der Waals surface area contributed by atoms with Crippen molar-refractivity contribution in [3.05, 3.63) is 90.9 Å². The first kappa shape index (κ1) is 26.6. The van der Waals surface area contributed by atoms with Gasteiger partial charge in [0.1, 0.15) is 5.82 Å². The Kier molecular flexibility index (Phi) is 9.66. The standard InChI is InChI=1S/C21H13F2N2.C5H12O2.Pt/c1-13-12-16(23)10-11-17(13)21-20(14-6-8-15(22)9-7-14)24-18-4-2-3-5-19(18)25-21;1-4(6)3-5(2)7;/h2-12H,1H2;4-7H,3H2,1-2H3;/q-1;;. The van der Waals surface area contributed by atoms with Gasteiger partial charge in [0.2, 0.25) is 0 Å². The Bertz CT molecular complexity index is 1190. The van der Waals surface area contributed by atoms with Crippen LogP contribution >= 0.6 is 0 Å². The zero-order valence-corrected chi connectivity index (χ0v) is 20.6. The summed E-state index contributed by atoms with van der Waals surface area (Å²) in [7, 11) is 0. The van der Waals surface area contributed by atoms with Crippen LogP contribution in [0.1, 0.15) is 25.8 Å². The first-order chi connectivity index (χ1) is 15.2. The van der Waals surface area contributed by atoms with Crippen molar-refractivity contribution in [1.82, 2.24) is 9.97 Å². The van der Waals surface area contributed by atoms with Crippen LogP contribution in [0, 0.1) is 18.6 Å². The van der Waals surface area contributed by atoms with Gasteiger partial charge >= 0.3 is 0 Å². The van der Waals surface area contributed by atoms with Crippen molar-refractivity contribution < 1.29 is 40.1 Å². The Labute approximate surface area is 206 Å². The van der Waals surface area contributed by atoms with E-state index in [-0.39, 0.29) is 44.9 Å². The predicted molar refractivity (Wildman–Crippen MR) is 123 cm³/mol. The average molecular weight is 631 g/mol. The van der Waals surface area contributed by atoms with Gasteiger partial charge in [0.25, 0.3) is 0 Å². The van der Waals surface area contributed by atoms with Crippen molar-refractivity contribution >= 4 is 11.0 Å². The van der Waals surface area contributed by atoms with Gasteiger partial charge in [0, 0.05) is 32.3 Å². The van der Waals surface area contributed by atoms with Crippen LogP contribution in [-0.2, 0) is 21.1 Å². The summed E-state index contributed by atoms with van der Waals surface area (Å²) in [4.78, 5) is 9.42. The van der Waals surface area contributed by atoms with Gasteiger partial charge < -0.3 is 10.2 Å². The van der Waals surface area contributed by atoms with Crippen LogP contribution in [0.2, 0.25) is 0 Å². The zero-order chi connectivity index (χ0) is 23.3. The summed E-state index contributed by atoms with van der Waals surface area (Å²) in [6.45, 7) is 7.24. The minimum absolute atomic E-state index is 0. The molecule has 0 aliphatic carbocycles. The molecule has 0 radical (unpaired) electrons. The average Bonchev–Trinajstić information content (AvgIpc) is 2.73. The largest absolute Gasteiger partial charge is 0.393 e. The number of para-hydroxylation sites is 2. The molecule has 2 unspecified atom stereocenters. The molecule has 0 amide bonds. The summed E-state index contributed by atoms with van der Waals surface area (Å²) in [5, 5.41) is 17.1. The van der Waals surface area contributed by atoms with E-state index in [1.165, 1.54) is 24.3 Å². The fourth-order valence-corrected chi connectivity index (χ4v) is 3.28. The Morgan fingerprint density at radius 2 is 1.30 bits per heavy atom. The van der Waals surface area contributed by atoms with E-state index >= 15 is 0 Å². The number of hydrogen-bond acceptors (Lipinski definition) is 4. The number of aliphatic hydroxyl groups excluding tert-OH is 2. The Hall–Kier alpha value is -2.66. The van der Waals surface area contributed by atoms with Crippen molar-refractivity contribution in [2.24, 2.45) is 0 Å². The maximum absolute atomic E-state index is 13.5. The van der Waals surface area contributed by atoms with Crippen LogP contribution in [-0.4, -0.2) is 32.4 Å². The van der Waals surface area contributed by atoms with E-state index in [4.69, 9.17) is 20.2 Å². The van der Waals surface area contributed by atoms with Crippen molar-refractivity contribution in [3.63, 3.8) is 0 Å². The number of nitrogens with zero attached hydrogens (tertiary/aromatic N) is 2. The van der Waals surface area contributed by atoms with Crippen LogP contribution in [0.15, 0.2) is 66.7 Å². The van der Waals surface area contributed by atoms with Crippen LogP contribution in [0.25, 0.3) is 33.5 Å². The van der Waals surface area contributed by atoms with Crippen LogP contribution < -0.4 is 0 Å². The maximum atomic E-state index is 13.5. The molecule has 7 heteroatoms. The van der Waals surface area contributed by atoms with Gasteiger partial charge in [-0.2, -0.15) is 12.5 Å². The Morgan fingerprint density at radius 3 is 1.79 bits per heavy atom. The predicted octanol–water partition coefficient (Wildman–Crippen LogP) is 5.56. The molecule has 1 aromatic heterocycles. The van der Waals surface area contributed by atoms with E-state index in [0.717, 1.165) is 16.6 Å². The molecule has 4 rings (SSSR count). The monoisotopic (exact) mass is 630 g/mol. The van der Waals surface area contributed by atoms with E-state index < -0.39 is 0 Å². The third-order valence-electron chi connectivity index (χ3n) is 4.69. The van der Waals surface area contributed by atoms with Gasteiger partial charge in [0.15, 0.2) is 0 Å². The molecule has 4 nitrogen and oxygen atoms in total. The fourth-order valence-electron chi connectivity index (χ4n) is 3.28. The third-order valence-corrected chi connectivity index (χ3v) is 4.69. The summed E-state index contributed by atoms with van der Waals surface area (Å²) in [5.74, 6) is -0.676. The molecule has 0 saturated carbocycles. The van der Waals surface area contributed by atoms with Crippen LogP contribution in [0.3, 0.4) is 0 Å². The van der Waals surface area contributed by atoms with Crippen molar-refractivity contribution in [3.8, 4) is 22.5 Å². The maximum Gasteiger partial charge on any atom is 0.123 e. The van der Waals surface area contributed by atoms with Gasteiger partial charge in [0.05, 0.1) is 34.8 Å². The number of benzene rings is 3. The van der Waals surface area contributed by atoms with Crippen molar-refractivity contribution in [2.75, 3.05) is 0 Å². The van der Waals surface area contributed by atoms with Gasteiger partial charge in [-0.1, -0.05) is 23.8 Å². The molecule has 0 saturated heterocycles. The van der Waals surface area contributed by atoms with E-state index in [1.54, 1.807) is 32.0 Å². The second-order valence-corrected chi connectivity index (χ2v) is 7.65. The topological polar surface area (TPSA) is 66.2 Å². The molecule has 0 fully saturated rings. The van der Waals surface area contributed by atoms with Gasteiger partial charge in [-0.3, -0.25) is 4.98 Å². The summed E-state index contributed by atoms with van der Waals surface area (Å²) in [6.07, 6.45) is -0.278. The number of hydrogen-bond donors (Lipinski definition) is 2. The second kappa shape index (κ2) is 12.0. The summed E-state index contributed by atoms with van der Waals surface area (Å²) in [5.41, 5.74) is 4.61. The van der Waals surface area contributed by atoms with Crippen molar-refractivity contribution in [2.45, 2.75) is 32.5 Å². The number of halogens is 2. The summed E-state index contributed by atoms with van der Waals surface area (Å²) in [6, 6.07) is 18.0. The van der Waals surface area contributed by atoms with Crippen molar-refractivity contribution in [1.29, 1.82) is 0 Å². The van der Waals surface area contributed by atoms with Crippen LogP contribution in [0.4, 0.5) is 8.78 Å². The molecular weight excluding hydrogens is 605 g/mol. The molecule has 4 aromatic rings. The molecule has 0 bridgehead atoms. The molecule has 1 heterocycles. The summed E-state index contributed by atoms with van der Waals surface area (Å²) >= 11 is 0. The van der Waals surface area contributed by atoms with E-state index in [1.807, 2.05) is 24.3 Å². The Balaban J connectivity index is 0.000000423. The molecule has 0 aliphatic rings. The molecule has 2 N–H and O–H groups in total. The normalized spacial score (nSPS) is 12.3. The smallest absolute Gasteiger partial charge is 0.123 e. The first-order valence-electron chi connectivity index (χ1n) is 10.3. The second-order valence-electron chi connectivity index (χ2n) is 7.65. The number of fused-ring (bicyclic) bond motifs is 1. The van der Waals surface area contributed by atoms with E-state index in [0.29, 0.717) is 28.9 Å². The third kappa shape index (κ3) is 7.16. The minimum Gasteiger partial charge on any atom is -0.393 e. The molecule has 176 valence electrons. The number of rotatable bonds is 4.